The number of thiocarbonyl (C=S) groups is 1. The molecule has 1 aromatic carbocycles. The third-order valence-electron chi connectivity index (χ3n) is 3.02. The lowest BCUT2D eigenvalue weighted by Crippen LogP contribution is -2.02. The molecule has 0 aliphatic heterocycles. The first kappa shape index (κ1) is 13.9. The largest absolute Gasteiger partial charge is 0.398 e. The van der Waals surface area contributed by atoms with Crippen molar-refractivity contribution in [2.45, 2.75) is 46.5 Å². The summed E-state index contributed by atoms with van der Waals surface area (Å²) in [6, 6.07) is 1.93. The van der Waals surface area contributed by atoms with Crippen LogP contribution in [-0.4, -0.2) is 5.16 Å². The highest BCUT2D eigenvalue weighted by molar-refractivity contribution is 7.78. The van der Waals surface area contributed by atoms with Crippen LogP contribution in [0.1, 0.15) is 43.4 Å². The van der Waals surface area contributed by atoms with E-state index in [2.05, 4.69) is 30.9 Å². The van der Waals surface area contributed by atoms with Crippen LogP contribution in [-0.2, 0) is 12.8 Å². The van der Waals surface area contributed by atoms with Crippen LogP contribution in [0.4, 0.5) is 11.4 Å². The number of anilines is 1. The number of rotatable bonds is 5. The van der Waals surface area contributed by atoms with Crippen LogP contribution in [0, 0.1) is 6.92 Å². The zero-order chi connectivity index (χ0) is 12.8. The number of nitrogens with zero attached hydrogens (tertiary/aromatic N) is 1. The second-order valence-corrected chi connectivity index (χ2v) is 4.45. The third kappa shape index (κ3) is 3.15. The standard InChI is InChI=1S/C14H20N2S/c1-4-6-11-10(3)12(7-5-2)14(16-9-17)8-13(11)15/h8H,4-7,15H2,1-3H3. The molecule has 1 aromatic rings. The molecule has 0 saturated carbocycles. The predicted octanol–water partition coefficient (Wildman–Crippen LogP) is 4.22. The van der Waals surface area contributed by atoms with Crippen LogP contribution < -0.4 is 5.73 Å². The maximum Gasteiger partial charge on any atom is 0.0794 e. The Morgan fingerprint density at radius 1 is 1.24 bits per heavy atom. The van der Waals surface area contributed by atoms with Crippen molar-refractivity contribution < 1.29 is 0 Å². The van der Waals surface area contributed by atoms with Crippen molar-refractivity contribution >= 4 is 28.8 Å². The maximum atomic E-state index is 6.08. The lowest BCUT2D eigenvalue weighted by atomic mass is 9.93. The lowest BCUT2D eigenvalue weighted by Gasteiger charge is -2.15. The smallest absolute Gasteiger partial charge is 0.0794 e. The van der Waals surface area contributed by atoms with Gasteiger partial charge in [-0.25, -0.2) is 0 Å². The number of isothiocyanates is 1. The van der Waals surface area contributed by atoms with E-state index in [-0.39, 0.29) is 0 Å². The lowest BCUT2D eigenvalue weighted by molar-refractivity contribution is 0.882. The fraction of sp³-hybridized carbons (Fsp3) is 0.500. The Bertz CT molecular complexity index is 446. The molecular weight excluding hydrogens is 228 g/mol. The molecule has 0 saturated heterocycles. The summed E-state index contributed by atoms with van der Waals surface area (Å²) >= 11 is 4.69. The molecule has 17 heavy (non-hydrogen) atoms. The Kier molecular flexibility index (Phi) is 5.33. The number of aliphatic imine (C=N–C) groups is 1. The minimum Gasteiger partial charge on any atom is -0.398 e. The number of hydrogen-bond donors (Lipinski definition) is 1. The second kappa shape index (κ2) is 6.53. The van der Waals surface area contributed by atoms with Crippen molar-refractivity contribution in [2.75, 3.05) is 5.73 Å². The van der Waals surface area contributed by atoms with E-state index in [1.807, 2.05) is 6.07 Å². The first-order valence-corrected chi connectivity index (χ1v) is 6.55. The number of nitrogens with two attached hydrogens (primary N) is 1. The Labute approximate surface area is 109 Å². The second-order valence-electron chi connectivity index (χ2n) is 4.27. The van der Waals surface area contributed by atoms with Gasteiger partial charge < -0.3 is 5.73 Å². The van der Waals surface area contributed by atoms with E-state index in [9.17, 15) is 0 Å². The van der Waals surface area contributed by atoms with Gasteiger partial charge >= 0.3 is 0 Å². The monoisotopic (exact) mass is 248 g/mol. The van der Waals surface area contributed by atoms with E-state index in [1.54, 1.807) is 0 Å². The van der Waals surface area contributed by atoms with Gasteiger partial charge in [-0.2, -0.15) is 4.99 Å². The highest BCUT2D eigenvalue weighted by atomic mass is 32.1. The van der Waals surface area contributed by atoms with Gasteiger partial charge in [0.15, 0.2) is 0 Å². The molecule has 0 radical (unpaired) electrons. The quantitative estimate of drug-likeness (QED) is 0.481. The van der Waals surface area contributed by atoms with Crippen molar-refractivity contribution in [1.29, 1.82) is 0 Å². The van der Waals surface area contributed by atoms with Crippen molar-refractivity contribution in [3.8, 4) is 0 Å². The Balaban J connectivity index is 3.39. The van der Waals surface area contributed by atoms with Gasteiger partial charge in [-0.15, -0.1) is 0 Å². The maximum absolute atomic E-state index is 6.08. The number of hydrogen-bond acceptors (Lipinski definition) is 3. The van der Waals surface area contributed by atoms with Crippen molar-refractivity contribution in [3.05, 3.63) is 22.8 Å². The molecule has 0 aliphatic carbocycles. The van der Waals surface area contributed by atoms with Gasteiger partial charge in [-0.3, -0.25) is 0 Å². The van der Waals surface area contributed by atoms with E-state index in [0.717, 1.165) is 37.1 Å². The summed E-state index contributed by atoms with van der Waals surface area (Å²) in [6.45, 7) is 6.47. The van der Waals surface area contributed by atoms with Crippen molar-refractivity contribution in [3.63, 3.8) is 0 Å². The van der Waals surface area contributed by atoms with Crippen LogP contribution in [0.15, 0.2) is 11.1 Å². The third-order valence-corrected chi connectivity index (χ3v) is 3.11. The number of nitrogen functional groups attached to an aromatic ring is 1. The van der Waals surface area contributed by atoms with Crippen LogP contribution in [0.3, 0.4) is 0 Å². The first-order valence-electron chi connectivity index (χ1n) is 6.14. The molecule has 3 heteroatoms. The summed E-state index contributed by atoms with van der Waals surface area (Å²) in [6.07, 6.45) is 4.23. The SMILES string of the molecule is CCCc1c(N)cc(N=C=S)c(CCC)c1C. The molecule has 0 heterocycles. The van der Waals surface area contributed by atoms with E-state index in [1.165, 1.54) is 16.7 Å². The van der Waals surface area contributed by atoms with Crippen LogP contribution in [0.5, 0.6) is 0 Å². The van der Waals surface area contributed by atoms with Crippen LogP contribution in [0.2, 0.25) is 0 Å². The summed E-state index contributed by atoms with van der Waals surface area (Å²) < 4.78 is 0. The Morgan fingerprint density at radius 2 is 1.82 bits per heavy atom. The first-order chi connectivity index (χ1) is 8.15. The molecule has 0 atom stereocenters. The van der Waals surface area contributed by atoms with E-state index in [0.29, 0.717) is 0 Å². The molecule has 92 valence electrons. The Hall–Kier alpha value is -1.18. The predicted molar refractivity (Wildman–Crippen MR) is 78.3 cm³/mol. The topological polar surface area (TPSA) is 38.4 Å². The van der Waals surface area contributed by atoms with Gasteiger partial charge in [0.05, 0.1) is 10.8 Å². The summed E-state index contributed by atoms with van der Waals surface area (Å²) in [7, 11) is 0. The minimum atomic E-state index is 0.827. The van der Waals surface area contributed by atoms with Crippen LogP contribution in [0.25, 0.3) is 0 Å². The fourth-order valence-corrected chi connectivity index (χ4v) is 2.31. The summed E-state index contributed by atoms with van der Waals surface area (Å²) in [5.41, 5.74) is 11.6. The minimum absolute atomic E-state index is 0.827. The average Bonchev–Trinajstić information content (AvgIpc) is 2.30. The van der Waals surface area contributed by atoms with E-state index in [4.69, 9.17) is 18.0 Å². The van der Waals surface area contributed by atoms with Gasteiger partial charge in [0.25, 0.3) is 0 Å². The van der Waals surface area contributed by atoms with Gasteiger partial charge in [0.1, 0.15) is 0 Å². The van der Waals surface area contributed by atoms with Gasteiger partial charge in [-0.05, 0) is 54.7 Å². The van der Waals surface area contributed by atoms with E-state index < -0.39 is 0 Å². The molecule has 1 rings (SSSR count). The molecule has 0 aromatic heterocycles. The Morgan fingerprint density at radius 3 is 2.35 bits per heavy atom. The van der Waals surface area contributed by atoms with E-state index >= 15 is 0 Å². The van der Waals surface area contributed by atoms with Crippen molar-refractivity contribution in [1.82, 2.24) is 0 Å². The average molecular weight is 248 g/mol. The summed E-state index contributed by atoms with van der Waals surface area (Å²) in [4.78, 5) is 4.13. The summed E-state index contributed by atoms with van der Waals surface area (Å²) in [5.74, 6) is 0. The fourth-order valence-electron chi connectivity index (χ4n) is 2.21. The molecular formula is C14H20N2S. The molecule has 2 N–H and O–H groups in total. The molecule has 0 spiro atoms. The highest BCUT2D eigenvalue weighted by Crippen LogP contribution is 2.32. The molecule has 0 bridgehead atoms. The van der Waals surface area contributed by atoms with Crippen molar-refractivity contribution in [2.24, 2.45) is 4.99 Å². The molecule has 0 fully saturated rings. The molecule has 2 nitrogen and oxygen atoms in total. The molecule has 0 amide bonds. The number of benzene rings is 1. The zero-order valence-electron chi connectivity index (χ0n) is 10.8. The molecule has 0 aliphatic rings. The van der Waals surface area contributed by atoms with Gasteiger partial charge in [0, 0.05) is 5.69 Å². The van der Waals surface area contributed by atoms with Gasteiger partial charge in [-0.1, -0.05) is 26.7 Å². The normalized spacial score (nSPS) is 10.1. The molecule has 0 unspecified atom stereocenters. The van der Waals surface area contributed by atoms with Gasteiger partial charge in [0.2, 0.25) is 0 Å². The zero-order valence-corrected chi connectivity index (χ0v) is 11.7. The summed E-state index contributed by atoms with van der Waals surface area (Å²) in [5, 5.41) is 2.44. The van der Waals surface area contributed by atoms with Crippen LogP contribution >= 0.6 is 12.2 Å². The highest BCUT2D eigenvalue weighted by Gasteiger charge is 2.12.